The third-order valence-electron chi connectivity index (χ3n) is 1.69. The number of allylic oxidation sites excluding steroid dienone is 2. The predicted molar refractivity (Wildman–Crippen MR) is 59.0 cm³/mol. The molecule has 1 aliphatic heterocycles. The van der Waals surface area contributed by atoms with Gasteiger partial charge in [0.05, 0.1) is 5.69 Å². The molecule has 0 atom stereocenters. The normalized spacial score (nSPS) is 15.5. The summed E-state index contributed by atoms with van der Waals surface area (Å²) in [5.41, 5.74) is 0.950. The lowest BCUT2D eigenvalue weighted by molar-refractivity contribution is 1.39. The van der Waals surface area contributed by atoms with Gasteiger partial charge in [0.15, 0.2) is 0 Å². The van der Waals surface area contributed by atoms with Gasteiger partial charge in [-0.15, -0.1) is 0 Å². The minimum absolute atomic E-state index is 0.551. The summed E-state index contributed by atoms with van der Waals surface area (Å²) >= 11 is 7.60. The molecular formula is C10H8ClNS. The van der Waals surface area contributed by atoms with Gasteiger partial charge in [-0.2, -0.15) is 0 Å². The molecule has 1 aromatic rings. The molecule has 0 aliphatic carbocycles. The number of nitrogens with zero attached hydrogens (tertiary/aromatic N) is 1. The molecule has 0 amide bonds. The first kappa shape index (κ1) is 8.85. The summed E-state index contributed by atoms with van der Waals surface area (Å²) in [6.45, 7) is 2.03. The van der Waals surface area contributed by atoms with Gasteiger partial charge in [0.2, 0.25) is 0 Å². The second-order valence-electron chi connectivity index (χ2n) is 2.76. The summed E-state index contributed by atoms with van der Waals surface area (Å²) in [7, 11) is 0. The Morgan fingerprint density at radius 1 is 1.31 bits per heavy atom. The number of hydrogen-bond donors (Lipinski definition) is 0. The molecule has 1 heterocycles. The average molecular weight is 210 g/mol. The minimum atomic E-state index is 0.551. The Morgan fingerprint density at radius 2 is 2.08 bits per heavy atom. The van der Waals surface area contributed by atoms with Crippen LogP contribution in [0.2, 0.25) is 0 Å². The molecule has 1 aliphatic rings. The molecule has 1 aromatic carbocycles. The Bertz CT molecular complexity index is 396. The average Bonchev–Trinajstić information content (AvgIpc) is 2.20. The highest BCUT2D eigenvalue weighted by molar-refractivity contribution is 8.03. The topological polar surface area (TPSA) is 12.4 Å². The molecule has 0 N–H and O–H groups in total. The Hall–Kier alpha value is -0.730. The zero-order valence-electron chi connectivity index (χ0n) is 7.12. The smallest absolute Gasteiger partial charge is 0.130 e. The molecule has 0 saturated carbocycles. The standard InChI is InChI=1S/C10H8ClNS/c1-7-6-10(11)12-8-4-2-3-5-9(8)13-7/h2-6H,1H3. The molecule has 0 bridgehead atoms. The fraction of sp³-hybridized carbons (Fsp3) is 0.100. The molecule has 0 fully saturated rings. The Morgan fingerprint density at radius 3 is 2.92 bits per heavy atom. The molecule has 2 rings (SSSR count). The zero-order chi connectivity index (χ0) is 9.26. The van der Waals surface area contributed by atoms with Crippen LogP contribution in [-0.4, -0.2) is 5.17 Å². The van der Waals surface area contributed by atoms with Crippen molar-refractivity contribution in [1.29, 1.82) is 0 Å². The molecule has 0 unspecified atom stereocenters. The van der Waals surface area contributed by atoms with Gasteiger partial charge in [-0.05, 0) is 30.0 Å². The Labute approximate surface area is 86.5 Å². The molecule has 0 saturated heterocycles. The second kappa shape index (κ2) is 3.56. The molecule has 0 aromatic heterocycles. The number of hydrogen-bond acceptors (Lipinski definition) is 2. The quantitative estimate of drug-likeness (QED) is 0.630. The number of benzene rings is 1. The van der Waals surface area contributed by atoms with E-state index in [2.05, 4.69) is 11.1 Å². The number of para-hydroxylation sites is 1. The highest BCUT2D eigenvalue weighted by Gasteiger charge is 2.07. The SMILES string of the molecule is CC1=CC(Cl)=Nc2ccccc2S1. The fourth-order valence-electron chi connectivity index (χ4n) is 1.15. The lowest BCUT2D eigenvalue weighted by atomic mass is 10.3. The van der Waals surface area contributed by atoms with Crippen molar-refractivity contribution in [3.05, 3.63) is 35.2 Å². The predicted octanol–water partition coefficient (Wildman–Crippen LogP) is 3.96. The van der Waals surface area contributed by atoms with Crippen LogP contribution in [0.4, 0.5) is 5.69 Å². The first-order chi connectivity index (χ1) is 6.25. The van der Waals surface area contributed by atoms with Gasteiger partial charge in [0.25, 0.3) is 0 Å². The molecule has 0 spiro atoms. The summed E-state index contributed by atoms with van der Waals surface area (Å²) in [5, 5.41) is 0.551. The fourth-order valence-corrected chi connectivity index (χ4v) is 2.36. The number of thioether (sulfide) groups is 1. The third kappa shape index (κ3) is 1.95. The summed E-state index contributed by atoms with van der Waals surface area (Å²) in [6.07, 6.45) is 1.88. The van der Waals surface area contributed by atoms with E-state index in [1.165, 1.54) is 4.91 Å². The van der Waals surface area contributed by atoms with Crippen molar-refractivity contribution in [2.75, 3.05) is 0 Å². The molecule has 0 radical (unpaired) electrons. The van der Waals surface area contributed by atoms with Gasteiger partial charge in [0, 0.05) is 4.90 Å². The molecule has 66 valence electrons. The molecule has 13 heavy (non-hydrogen) atoms. The Kier molecular flexibility index (Phi) is 2.42. The van der Waals surface area contributed by atoms with Crippen LogP contribution in [0.1, 0.15) is 6.92 Å². The van der Waals surface area contributed by atoms with Crippen LogP contribution < -0.4 is 0 Å². The number of halogens is 1. The van der Waals surface area contributed by atoms with E-state index in [0.717, 1.165) is 10.6 Å². The highest BCUT2D eigenvalue weighted by atomic mass is 35.5. The van der Waals surface area contributed by atoms with Gasteiger partial charge < -0.3 is 0 Å². The van der Waals surface area contributed by atoms with Gasteiger partial charge in [0.1, 0.15) is 5.17 Å². The lowest BCUT2D eigenvalue weighted by Crippen LogP contribution is -1.76. The summed E-state index contributed by atoms with van der Waals surface area (Å²) in [4.78, 5) is 6.60. The van der Waals surface area contributed by atoms with E-state index in [0.29, 0.717) is 5.17 Å². The van der Waals surface area contributed by atoms with Crippen molar-refractivity contribution >= 4 is 34.2 Å². The number of rotatable bonds is 0. The van der Waals surface area contributed by atoms with Crippen molar-refractivity contribution in [1.82, 2.24) is 0 Å². The largest absolute Gasteiger partial charge is 0.236 e. The van der Waals surface area contributed by atoms with Gasteiger partial charge in [-0.3, -0.25) is 0 Å². The lowest BCUT2D eigenvalue weighted by Gasteiger charge is -2.00. The monoisotopic (exact) mass is 209 g/mol. The van der Waals surface area contributed by atoms with Crippen LogP contribution in [0.15, 0.2) is 45.1 Å². The summed E-state index contributed by atoms with van der Waals surface area (Å²) in [6, 6.07) is 8.00. The second-order valence-corrected chi connectivity index (χ2v) is 4.43. The summed E-state index contributed by atoms with van der Waals surface area (Å²) < 4.78 is 0. The van der Waals surface area contributed by atoms with E-state index in [4.69, 9.17) is 11.6 Å². The van der Waals surface area contributed by atoms with Gasteiger partial charge in [-0.25, -0.2) is 4.99 Å². The van der Waals surface area contributed by atoms with E-state index in [-0.39, 0.29) is 0 Å². The highest BCUT2D eigenvalue weighted by Crippen LogP contribution is 2.36. The third-order valence-corrected chi connectivity index (χ3v) is 2.88. The minimum Gasteiger partial charge on any atom is -0.236 e. The van der Waals surface area contributed by atoms with Crippen molar-refractivity contribution in [2.24, 2.45) is 4.99 Å². The maximum absolute atomic E-state index is 5.90. The van der Waals surface area contributed by atoms with Crippen molar-refractivity contribution < 1.29 is 0 Å². The van der Waals surface area contributed by atoms with Crippen LogP contribution >= 0.6 is 23.4 Å². The van der Waals surface area contributed by atoms with Gasteiger partial charge in [-0.1, -0.05) is 35.5 Å². The van der Waals surface area contributed by atoms with Crippen molar-refractivity contribution in [3.8, 4) is 0 Å². The van der Waals surface area contributed by atoms with Crippen LogP contribution in [0, 0.1) is 0 Å². The molecular weight excluding hydrogens is 202 g/mol. The maximum Gasteiger partial charge on any atom is 0.130 e. The first-order valence-corrected chi connectivity index (χ1v) is 5.14. The van der Waals surface area contributed by atoms with E-state index < -0.39 is 0 Å². The zero-order valence-corrected chi connectivity index (χ0v) is 8.69. The van der Waals surface area contributed by atoms with Crippen molar-refractivity contribution in [2.45, 2.75) is 11.8 Å². The van der Waals surface area contributed by atoms with E-state index >= 15 is 0 Å². The number of fused-ring (bicyclic) bond motifs is 1. The van der Waals surface area contributed by atoms with Crippen molar-refractivity contribution in [3.63, 3.8) is 0 Å². The van der Waals surface area contributed by atoms with Gasteiger partial charge >= 0.3 is 0 Å². The molecule has 3 heteroatoms. The Balaban J connectivity index is 2.55. The van der Waals surface area contributed by atoms with Crippen LogP contribution in [0.5, 0.6) is 0 Å². The van der Waals surface area contributed by atoms with Crippen LogP contribution in [0.25, 0.3) is 0 Å². The van der Waals surface area contributed by atoms with Crippen LogP contribution in [-0.2, 0) is 0 Å². The first-order valence-electron chi connectivity index (χ1n) is 3.95. The number of aliphatic imine (C=N–C) groups is 1. The van der Waals surface area contributed by atoms with E-state index in [1.54, 1.807) is 11.8 Å². The van der Waals surface area contributed by atoms with E-state index in [9.17, 15) is 0 Å². The maximum atomic E-state index is 5.90. The molecule has 1 nitrogen and oxygen atoms in total. The van der Waals surface area contributed by atoms with Crippen LogP contribution in [0.3, 0.4) is 0 Å². The summed E-state index contributed by atoms with van der Waals surface area (Å²) in [5.74, 6) is 0. The van der Waals surface area contributed by atoms with E-state index in [1.807, 2.05) is 31.2 Å².